The van der Waals surface area contributed by atoms with Crippen molar-refractivity contribution in [1.29, 1.82) is 0 Å². The van der Waals surface area contributed by atoms with Crippen LogP contribution in [-0.4, -0.2) is 14.2 Å². The first-order valence-corrected chi connectivity index (χ1v) is 5.71. The van der Waals surface area contributed by atoms with Gasteiger partial charge in [-0.25, -0.2) is 4.39 Å². The average molecular weight is 239 g/mol. The van der Waals surface area contributed by atoms with Crippen LogP contribution in [0.2, 0.25) is 0 Å². The number of halogens is 1. The van der Waals surface area contributed by atoms with Gasteiger partial charge in [0.25, 0.3) is 0 Å². The van der Waals surface area contributed by atoms with Crippen molar-refractivity contribution in [2.24, 2.45) is 5.73 Å². The number of hydrogen-bond acceptors (Lipinski definition) is 3. The lowest BCUT2D eigenvalue weighted by atomic mass is 9.99. The SMILES string of the molecule is COc1cc(C(C)F)cc(C2(N)CC2)c1OC. The number of nitrogens with two attached hydrogens (primary N) is 1. The van der Waals surface area contributed by atoms with Gasteiger partial charge in [0.2, 0.25) is 0 Å². The molecule has 1 atom stereocenters. The standard InChI is InChI=1S/C13H18FNO2/c1-8(14)9-6-10(13(15)4-5-13)12(17-3)11(7-9)16-2/h6-8H,4-5,15H2,1-3H3. The van der Waals surface area contributed by atoms with Gasteiger partial charge in [-0.3, -0.25) is 0 Å². The monoisotopic (exact) mass is 239 g/mol. The second kappa shape index (κ2) is 4.18. The van der Waals surface area contributed by atoms with Crippen LogP contribution in [0.1, 0.15) is 37.1 Å². The van der Waals surface area contributed by atoms with Gasteiger partial charge in [-0.15, -0.1) is 0 Å². The molecule has 0 aliphatic heterocycles. The largest absolute Gasteiger partial charge is 0.493 e. The first kappa shape index (κ1) is 12.2. The van der Waals surface area contributed by atoms with E-state index in [1.54, 1.807) is 26.4 Å². The van der Waals surface area contributed by atoms with E-state index in [1.165, 1.54) is 6.92 Å². The Kier molecular flexibility index (Phi) is 3.00. The van der Waals surface area contributed by atoms with Crippen LogP contribution in [0.15, 0.2) is 12.1 Å². The highest BCUT2D eigenvalue weighted by Crippen LogP contribution is 2.50. The second-order valence-corrected chi connectivity index (χ2v) is 4.58. The summed E-state index contributed by atoms with van der Waals surface area (Å²) in [7, 11) is 3.12. The van der Waals surface area contributed by atoms with Gasteiger partial charge in [0.05, 0.1) is 14.2 Å². The Hall–Kier alpha value is -1.29. The highest BCUT2D eigenvalue weighted by Gasteiger charge is 2.43. The lowest BCUT2D eigenvalue weighted by Crippen LogP contribution is -2.20. The summed E-state index contributed by atoms with van der Waals surface area (Å²) in [6, 6.07) is 3.46. The molecule has 1 fully saturated rings. The van der Waals surface area contributed by atoms with Crippen LogP contribution >= 0.6 is 0 Å². The number of ether oxygens (including phenoxy) is 2. The Bertz CT molecular complexity index is 428. The third kappa shape index (κ3) is 2.09. The van der Waals surface area contributed by atoms with E-state index in [2.05, 4.69) is 0 Å². The van der Waals surface area contributed by atoms with E-state index in [9.17, 15) is 4.39 Å². The van der Waals surface area contributed by atoms with Crippen molar-refractivity contribution in [2.75, 3.05) is 14.2 Å². The molecule has 1 aromatic carbocycles. The predicted octanol–water partition coefficient (Wildman–Crippen LogP) is 2.68. The van der Waals surface area contributed by atoms with Gasteiger partial charge in [0.15, 0.2) is 11.5 Å². The first-order valence-electron chi connectivity index (χ1n) is 5.71. The van der Waals surface area contributed by atoms with Crippen molar-refractivity contribution in [1.82, 2.24) is 0 Å². The fraction of sp³-hybridized carbons (Fsp3) is 0.538. The summed E-state index contributed by atoms with van der Waals surface area (Å²) in [6.07, 6.45) is 0.753. The van der Waals surface area contributed by atoms with E-state index in [-0.39, 0.29) is 5.54 Å². The van der Waals surface area contributed by atoms with E-state index in [0.717, 1.165) is 18.4 Å². The Morgan fingerprint density at radius 1 is 1.29 bits per heavy atom. The third-order valence-electron chi connectivity index (χ3n) is 3.29. The van der Waals surface area contributed by atoms with Crippen LogP contribution in [0.25, 0.3) is 0 Å². The molecule has 0 radical (unpaired) electrons. The van der Waals surface area contributed by atoms with Gasteiger partial charge in [-0.05, 0) is 37.5 Å². The van der Waals surface area contributed by atoms with Crippen LogP contribution in [-0.2, 0) is 5.54 Å². The maximum atomic E-state index is 13.4. The molecule has 1 aromatic rings. The van der Waals surface area contributed by atoms with Gasteiger partial charge >= 0.3 is 0 Å². The zero-order valence-electron chi connectivity index (χ0n) is 10.4. The molecule has 0 bridgehead atoms. The van der Waals surface area contributed by atoms with E-state index in [1.807, 2.05) is 0 Å². The second-order valence-electron chi connectivity index (χ2n) is 4.58. The summed E-state index contributed by atoms with van der Waals surface area (Å²) in [6.45, 7) is 1.50. The van der Waals surface area contributed by atoms with E-state index in [0.29, 0.717) is 17.1 Å². The van der Waals surface area contributed by atoms with E-state index in [4.69, 9.17) is 15.2 Å². The van der Waals surface area contributed by atoms with Crippen molar-refractivity contribution in [3.63, 3.8) is 0 Å². The quantitative estimate of drug-likeness (QED) is 0.878. The summed E-state index contributed by atoms with van der Waals surface area (Å²) in [5, 5.41) is 0. The molecule has 0 spiro atoms. The normalized spacial score (nSPS) is 18.6. The third-order valence-corrected chi connectivity index (χ3v) is 3.29. The van der Waals surface area contributed by atoms with Gasteiger partial charge in [-0.2, -0.15) is 0 Å². The summed E-state index contributed by atoms with van der Waals surface area (Å²) in [5.41, 5.74) is 7.23. The maximum Gasteiger partial charge on any atom is 0.165 e. The van der Waals surface area contributed by atoms with Crippen LogP contribution in [0.5, 0.6) is 11.5 Å². The van der Waals surface area contributed by atoms with Crippen molar-refractivity contribution in [2.45, 2.75) is 31.5 Å². The summed E-state index contributed by atoms with van der Waals surface area (Å²) in [5.74, 6) is 1.16. The fourth-order valence-corrected chi connectivity index (χ4v) is 1.99. The fourth-order valence-electron chi connectivity index (χ4n) is 1.99. The topological polar surface area (TPSA) is 44.5 Å². The number of rotatable bonds is 4. The van der Waals surface area contributed by atoms with Crippen molar-refractivity contribution in [3.05, 3.63) is 23.3 Å². The van der Waals surface area contributed by atoms with Crippen molar-refractivity contribution >= 4 is 0 Å². The molecule has 17 heavy (non-hydrogen) atoms. The van der Waals surface area contributed by atoms with Gasteiger partial charge in [0, 0.05) is 11.1 Å². The zero-order valence-corrected chi connectivity index (χ0v) is 10.4. The molecule has 0 amide bonds. The Morgan fingerprint density at radius 2 is 1.94 bits per heavy atom. The minimum absolute atomic E-state index is 0.372. The number of benzene rings is 1. The molecule has 3 nitrogen and oxygen atoms in total. The molecular weight excluding hydrogens is 221 g/mol. The molecule has 1 saturated carbocycles. The predicted molar refractivity (Wildman–Crippen MR) is 64.2 cm³/mol. The lowest BCUT2D eigenvalue weighted by molar-refractivity contribution is 0.341. The van der Waals surface area contributed by atoms with Gasteiger partial charge in [0.1, 0.15) is 6.17 Å². The number of methoxy groups -OCH3 is 2. The lowest BCUT2D eigenvalue weighted by Gasteiger charge is -2.19. The first-order chi connectivity index (χ1) is 8.01. The molecule has 2 rings (SSSR count). The zero-order chi connectivity index (χ0) is 12.6. The summed E-state index contributed by atoms with van der Waals surface area (Å²) < 4.78 is 24.0. The molecule has 0 aromatic heterocycles. The molecule has 1 aliphatic carbocycles. The molecule has 0 saturated heterocycles. The van der Waals surface area contributed by atoms with E-state index >= 15 is 0 Å². The molecule has 2 N–H and O–H groups in total. The Balaban J connectivity index is 2.57. The van der Waals surface area contributed by atoms with Gasteiger partial charge in [-0.1, -0.05) is 0 Å². The molecule has 1 unspecified atom stereocenters. The van der Waals surface area contributed by atoms with Crippen molar-refractivity contribution in [3.8, 4) is 11.5 Å². The smallest absolute Gasteiger partial charge is 0.165 e. The average Bonchev–Trinajstić information content (AvgIpc) is 3.06. The molecule has 94 valence electrons. The minimum Gasteiger partial charge on any atom is -0.493 e. The van der Waals surface area contributed by atoms with Crippen LogP contribution in [0.4, 0.5) is 4.39 Å². The minimum atomic E-state index is -1.05. The summed E-state index contributed by atoms with van der Waals surface area (Å²) >= 11 is 0. The Labute approximate surface area is 101 Å². The number of alkyl halides is 1. The van der Waals surface area contributed by atoms with Crippen molar-refractivity contribution < 1.29 is 13.9 Å². The van der Waals surface area contributed by atoms with Crippen LogP contribution in [0, 0.1) is 0 Å². The maximum absolute atomic E-state index is 13.4. The van der Waals surface area contributed by atoms with Crippen LogP contribution in [0.3, 0.4) is 0 Å². The Morgan fingerprint density at radius 3 is 2.35 bits per heavy atom. The highest BCUT2D eigenvalue weighted by molar-refractivity contribution is 5.54. The molecule has 1 aliphatic rings. The van der Waals surface area contributed by atoms with Gasteiger partial charge < -0.3 is 15.2 Å². The number of hydrogen-bond donors (Lipinski definition) is 1. The molecule has 0 heterocycles. The van der Waals surface area contributed by atoms with Crippen LogP contribution < -0.4 is 15.2 Å². The summed E-state index contributed by atoms with van der Waals surface area (Å²) in [4.78, 5) is 0. The molecular formula is C13H18FNO2. The highest BCUT2D eigenvalue weighted by atomic mass is 19.1. The molecule has 4 heteroatoms. The van der Waals surface area contributed by atoms with E-state index < -0.39 is 6.17 Å².